The number of nitrogens with zero attached hydrogens (tertiary/aromatic N) is 1. The highest BCUT2D eigenvalue weighted by Crippen LogP contribution is 2.15. The number of amides is 1. The maximum Gasteiger partial charge on any atom is 0.222 e. The average Bonchev–Trinajstić information content (AvgIpc) is 2.98. The van der Waals surface area contributed by atoms with Crippen molar-refractivity contribution in [3.63, 3.8) is 0 Å². The standard InChI is InChI=1S/C33H67NO.C4H10O.CH4O/c1-5-7-9-11-13-15-17-19-21-23-25-27-29-34(33(35)31-32(3)4)30-28-26-24-22-20-18-16-14-12-10-8-6-2;1-4(2)3-5;1-2/h32H,5-31H2,1-4H3;4-5H,3H2,1-2H3;2H,1H3. The highest BCUT2D eigenvalue weighted by Gasteiger charge is 2.14. The van der Waals surface area contributed by atoms with Gasteiger partial charge in [0.1, 0.15) is 0 Å². The topological polar surface area (TPSA) is 60.8 Å². The molecule has 0 bridgehead atoms. The van der Waals surface area contributed by atoms with Crippen molar-refractivity contribution in [3.8, 4) is 0 Å². The second kappa shape index (κ2) is 40.4. The van der Waals surface area contributed by atoms with Crippen molar-refractivity contribution < 1.29 is 15.0 Å². The van der Waals surface area contributed by atoms with Crippen molar-refractivity contribution in [2.24, 2.45) is 11.8 Å². The molecule has 0 aromatic heterocycles. The van der Waals surface area contributed by atoms with Gasteiger partial charge in [-0.3, -0.25) is 4.79 Å². The molecule has 0 aromatic rings. The summed E-state index contributed by atoms with van der Waals surface area (Å²) in [4.78, 5) is 14.9. The molecule has 0 saturated heterocycles. The second-order valence-electron chi connectivity index (χ2n) is 13.3. The second-order valence-corrected chi connectivity index (χ2v) is 13.3. The predicted molar refractivity (Wildman–Crippen MR) is 188 cm³/mol. The van der Waals surface area contributed by atoms with Crippen molar-refractivity contribution in [1.29, 1.82) is 0 Å². The van der Waals surface area contributed by atoms with Gasteiger partial charge < -0.3 is 15.1 Å². The number of unbranched alkanes of at least 4 members (excludes halogenated alkanes) is 22. The van der Waals surface area contributed by atoms with E-state index in [9.17, 15) is 4.79 Å². The molecule has 0 unspecified atom stereocenters. The Kier molecular flexibility index (Phi) is 44.1. The van der Waals surface area contributed by atoms with Gasteiger partial charge >= 0.3 is 0 Å². The van der Waals surface area contributed by atoms with E-state index >= 15 is 0 Å². The van der Waals surface area contributed by atoms with Gasteiger partial charge in [-0.2, -0.15) is 0 Å². The molecular weight excluding hydrogens is 518 g/mol. The summed E-state index contributed by atoms with van der Waals surface area (Å²) < 4.78 is 0. The third kappa shape index (κ3) is 41.5. The molecule has 0 rings (SSSR count). The van der Waals surface area contributed by atoms with Gasteiger partial charge in [0.15, 0.2) is 0 Å². The number of carbonyl (C=O) groups is 1. The summed E-state index contributed by atoms with van der Waals surface area (Å²) in [6.45, 7) is 15.1. The van der Waals surface area contributed by atoms with Gasteiger partial charge in [-0.1, -0.05) is 183 Å². The lowest BCUT2D eigenvalue weighted by Crippen LogP contribution is -2.33. The van der Waals surface area contributed by atoms with Crippen molar-refractivity contribution in [3.05, 3.63) is 0 Å². The third-order valence-corrected chi connectivity index (χ3v) is 7.86. The quantitative estimate of drug-likeness (QED) is 0.0841. The predicted octanol–water partition coefficient (Wildman–Crippen LogP) is 11.5. The number of aliphatic hydroxyl groups excluding tert-OH is 2. The molecule has 0 aliphatic carbocycles. The van der Waals surface area contributed by atoms with Crippen molar-refractivity contribution in [1.82, 2.24) is 4.90 Å². The van der Waals surface area contributed by atoms with Crippen molar-refractivity contribution >= 4 is 5.91 Å². The number of carbonyl (C=O) groups excluding carboxylic acids is 1. The first-order valence-electron chi connectivity index (χ1n) is 18.7. The molecule has 0 saturated carbocycles. The van der Waals surface area contributed by atoms with Gasteiger partial charge in [0.2, 0.25) is 5.91 Å². The van der Waals surface area contributed by atoms with Crippen LogP contribution in [0.3, 0.4) is 0 Å². The van der Waals surface area contributed by atoms with E-state index in [1.165, 1.54) is 154 Å². The van der Waals surface area contributed by atoms with E-state index < -0.39 is 0 Å². The molecule has 0 fully saturated rings. The molecule has 0 heterocycles. The number of hydrogen-bond acceptors (Lipinski definition) is 3. The maximum atomic E-state index is 12.7. The zero-order valence-electron chi connectivity index (χ0n) is 30.2. The molecular formula is C38H81NO3. The van der Waals surface area contributed by atoms with Gasteiger partial charge in [-0.05, 0) is 24.7 Å². The summed E-state index contributed by atoms with van der Waals surface area (Å²) in [6.07, 6.45) is 33.8. The third-order valence-electron chi connectivity index (χ3n) is 7.86. The van der Waals surface area contributed by atoms with Crippen LogP contribution < -0.4 is 0 Å². The van der Waals surface area contributed by atoms with Crippen LogP contribution in [-0.4, -0.2) is 47.8 Å². The van der Waals surface area contributed by atoms with Gasteiger partial charge in [-0.25, -0.2) is 0 Å². The molecule has 0 aliphatic rings. The maximum absolute atomic E-state index is 12.7. The molecule has 0 aliphatic heterocycles. The molecule has 42 heavy (non-hydrogen) atoms. The summed E-state index contributed by atoms with van der Waals surface area (Å²) in [5, 5.41) is 15.1. The van der Waals surface area contributed by atoms with Gasteiger partial charge in [-0.15, -0.1) is 0 Å². The summed E-state index contributed by atoms with van der Waals surface area (Å²) in [5.41, 5.74) is 0. The summed E-state index contributed by atoms with van der Waals surface area (Å²) >= 11 is 0. The normalized spacial score (nSPS) is 10.8. The Morgan fingerprint density at radius 1 is 0.476 bits per heavy atom. The van der Waals surface area contributed by atoms with E-state index in [2.05, 4.69) is 32.6 Å². The van der Waals surface area contributed by atoms with Gasteiger partial charge in [0, 0.05) is 33.2 Å². The Hall–Kier alpha value is -0.610. The van der Waals surface area contributed by atoms with Gasteiger partial charge in [0.05, 0.1) is 0 Å². The molecule has 0 radical (unpaired) electrons. The first-order chi connectivity index (χ1) is 20.4. The Morgan fingerprint density at radius 3 is 0.929 bits per heavy atom. The molecule has 256 valence electrons. The fraction of sp³-hybridized carbons (Fsp3) is 0.974. The lowest BCUT2D eigenvalue weighted by atomic mass is 10.0. The number of aliphatic hydroxyl groups is 2. The molecule has 2 N–H and O–H groups in total. The molecule has 4 heteroatoms. The Balaban J connectivity index is -0.00000195. The fourth-order valence-electron chi connectivity index (χ4n) is 5.13. The molecule has 0 atom stereocenters. The summed E-state index contributed by atoms with van der Waals surface area (Å²) in [6, 6.07) is 0. The summed E-state index contributed by atoms with van der Waals surface area (Å²) in [5.74, 6) is 1.30. The van der Waals surface area contributed by atoms with E-state index in [0.29, 0.717) is 24.3 Å². The van der Waals surface area contributed by atoms with E-state index in [4.69, 9.17) is 10.2 Å². The van der Waals surface area contributed by atoms with Gasteiger partial charge in [0.25, 0.3) is 0 Å². The van der Waals surface area contributed by atoms with E-state index in [0.717, 1.165) is 26.6 Å². The van der Waals surface area contributed by atoms with Crippen LogP contribution in [0.4, 0.5) is 0 Å². The zero-order valence-corrected chi connectivity index (χ0v) is 30.2. The van der Waals surface area contributed by atoms with Crippen LogP contribution in [0.15, 0.2) is 0 Å². The van der Waals surface area contributed by atoms with Crippen LogP contribution in [0.25, 0.3) is 0 Å². The number of hydrogen-bond donors (Lipinski definition) is 2. The van der Waals surface area contributed by atoms with Crippen LogP contribution in [0.5, 0.6) is 0 Å². The van der Waals surface area contributed by atoms with E-state index in [1.54, 1.807) is 0 Å². The Morgan fingerprint density at radius 2 is 0.714 bits per heavy atom. The van der Waals surface area contributed by atoms with Crippen LogP contribution in [0, 0.1) is 11.8 Å². The molecule has 1 amide bonds. The van der Waals surface area contributed by atoms with E-state index in [1.807, 2.05) is 13.8 Å². The minimum atomic E-state index is 0.306. The Labute approximate surface area is 266 Å². The fourth-order valence-corrected chi connectivity index (χ4v) is 5.13. The van der Waals surface area contributed by atoms with Crippen LogP contribution in [-0.2, 0) is 4.79 Å². The Bertz CT molecular complexity index is 453. The minimum absolute atomic E-state index is 0.306. The minimum Gasteiger partial charge on any atom is -0.400 e. The largest absolute Gasteiger partial charge is 0.400 e. The highest BCUT2D eigenvalue weighted by molar-refractivity contribution is 5.76. The monoisotopic (exact) mass is 600 g/mol. The molecule has 4 nitrogen and oxygen atoms in total. The summed E-state index contributed by atoms with van der Waals surface area (Å²) in [7, 11) is 1.00. The highest BCUT2D eigenvalue weighted by atomic mass is 16.3. The van der Waals surface area contributed by atoms with E-state index in [-0.39, 0.29) is 0 Å². The first kappa shape index (κ1) is 45.8. The van der Waals surface area contributed by atoms with Crippen molar-refractivity contribution in [2.75, 3.05) is 26.8 Å². The van der Waals surface area contributed by atoms with Crippen LogP contribution in [0.1, 0.15) is 202 Å². The average molecular weight is 600 g/mol. The smallest absolute Gasteiger partial charge is 0.222 e. The number of rotatable bonds is 29. The first-order valence-corrected chi connectivity index (χ1v) is 18.7. The lowest BCUT2D eigenvalue weighted by Gasteiger charge is -2.24. The SMILES string of the molecule is CC(C)CO.CCCCCCCCCCCCCCN(CCCCCCCCCCCCCC)C(=O)CC(C)C.CO. The molecule has 0 aromatic carbocycles. The van der Waals surface area contributed by atoms with Crippen molar-refractivity contribution in [2.45, 2.75) is 202 Å². The molecule has 0 spiro atoms. The van der Waals surface area contributed by atoms with Crippen LogP contribution >= 0.6 is 0 Å². The zero-order chi connectivity index (χ0) is 32.1. The van der Waals surface area contributed by atoms with Crippen LogP contribution in [0.2, 0.25) is 0 Å². The lowest BCUT2D eigenvalue weighted by molar-refractivity contribution is -0.132.